The van der Waals surface area contributed by atoms with E-state index in [0.29, 0.717) is 42.6 Å². The molecule has 0 saturated heterocycles. The molecule has 18 heavy (non-hydrogen) atoms. The molecular weight excluding hydrogens is 252 g/mol. The number of carbonyl (C=O) groups is 1. The Morgan fingerprint density at radius 2 is 2.17 bits per heavy atom. The van der Waals surface area contributed by atoms with E-state index in [0.717, 1.165) is 11.8 Å². The molecule has 98 valence electrons. The quantitative estimate of drug-likeness (QED) is 0.412. The lowest BCUT2D eigenvalue weighted by Crippen LogP contribution is -2.08. The zero-order valence-electron chi connectivity index (χ0n) is 10.4. The Morgan fingerprint density at radius 1 is 1.39 bits per heavy atom. The van der Waals surface area contributed by atoms with Crippen LogP contribution in [-0.2, 0) is 11.2 Å². The Labute approximate surface area is 112 Å². The summed E-state index contributed by atoms with van der Waals surface area (Å²) in [6, 6.07) is 3.35. The summed E-state index contributed by atoms with van der Waals surface area (Å²) >= 11 is 6.10. The Kier molecular flexibility index (Phi) is 6.47. The number of benzene rings is 1. The number of aldehydes is 1. The number of rotatable bonds is 8. The van der Waals surface area contributed by atoms with Crippen molar-refractivity contribution in [3.8, 4) is 5.75 Å². The normalized spacial score (nSPS) is 10.1. The van der Waals surface area contributed by atoms with Crippen molar-refractivity contribution in [1.82, 2.24) is 0 Å². The van der Waals surface area contributed by atoms with Crippen LogP contribution in [0.25, 0.3) is 0 Å². The molecule has 0 aromatic heterocycles. The van der Waals surface area contributed by atoms with Crippen LogP contribution in [0.4, 0.5) is 0 Å². The van der Waals surface area contributed by atoms with Crippen LogP contribution in [0.15, 0.2) is 24.8 Å². The van der Waals surface area contributed by atoms with Crippen LogP contribution in [0, 0.1) is 0 Å². The third kappa shape index (κ3) is 4.17. The average Bonchev–Trinajstić information content (AvgIpc) is 2.37. The molecule has 0 aliphatic carbocycles. The van der Waals surface area contributed by atoms with E-state index >= 15 is 0 Å². The molecule has 0 spiro atoms. The number of hydrogen-bond acceptors (Lipinski definition) is 3. The maximum absolute atomic E-state index is 10.8. The Hall–Kier alpha value is -1.32. The minimum Gasteiger partial charge on any atom is -0.489 e. The number of ether oxygens (including phenoxy) is 2. The van der Waals surface area contributed by atoms with Crippen molar-refractivity contribution in [2.75, 3.05) is 19.8 Å². The van der Waals surface area contributed by atoms with Gasteiger partial charge in [-0.15, -0.1) is 6.58 Å². The van der Waals surface area contributed by atoms with Crippen LogP contribution >= 0.6 is 11.6 Å². The van der Waals surface area contributed by atoms with E-state index in [1.54, 1.807) is 18.2 Å². The second-order valence-corrected chi connectivity index (χ2v) is 4.05. The van der Waals surface area contributed by atoms with Gasteiger partial charge >= 0.3 is 0 Å². The molecule has 0 saturated carbocycles. The van der Waals surface area contributed by atoms with Gasteiger partial charge in [-0.3, -0.25) is 4.79 Å². The lowest BCUT2D eigenvalue weighted by Gasteiger charge is -2.13. The van der Waals surface area contributed by atoms with Crippen molar-refractivity contribution < 1.29 is 14.3 Å². The number of hydrogen-bond donors (Lipinski definition) is 0. The zero-order valence-corrected chi connectivity index (χ0v) is 11.2. The summed E-state index contributed by atoms with van der Waals surface area (Å²) < 4.78 is 10.8. The van der Waals surface area contributed by atoms with Crippen molar-refractivity contribution in [3.63, 3.8) is 0 Å². The first-order valence-electron chi connectivity index (χ1n) is 5.82. The zero-order chi connectivity index (χ0) is 13.4. The minimum atomic E-state index is 0.429. The van der Waals surface area contributed by atoms with E-state index in [4.69, 9.17) is 21.1 Å². The smallest absolute Gasteiger partial charge is 0.150 e. The first-order valence-corrected chi connectivity index (χ1v) is 6.19. The molecule has 0 aliphatic rings. The molecule has 1 aromatic rings. The van der Waals surface area contributed by atoms with Gasteiger partial charge in [0.05, 0.1) is 11.6 Å². The summed E-state index contributed by atoms with van der Waals surface area (Å²) in [6.45, 7) is 7.20. The molecule has 3 nitrogen and oxygen atoms in total. The Morgan fingerprint density at radius 3 is 2.78 bits per heavy atom. The highest BCUT2D eigenvalue weighted by atomic mass is 35.5. The van der Waals surface area contributed by atoms with Gasteiger partial charge in [0.15, 0.2) is 0 Å². The molecule has 0 unspecified atom stereocenters. The second kappa shape index (κ2) is 7.90. The monoisotopic (exact) mass is 268 g/mol. The molecule has 4 heteroatoms. The highest BCUT2D eigenvalue weighted by Crippen LogP contribution is 2.30. The van der Waals surface area contributed by atoms with Gasteiger partial charge in [-0.25, -0.2) is 0 Å². The molecular formula is C14H17ClO3. The molecule has 0 bridgehead atoms. The summed E-state index contributed by atoms with van der Waals surface area (Å²) in [7, 11) is 0. The predicted molar refractivity (Wildman–Crippen MR) is 72.7 cm³/mol. The van der Waals surface area contributed by atoms with E-state index in [9.17, 15) is 4.79 Å². The highest BCUT2D eigenvalue weighted by Gasteiger charge is 2.10. The van der Waals surface area contributed by atoms with E-state index in [-0.39, 0.29) is 0 Å². The molecule has 1 rings (SSSR count). The van der Waals surface area contributed by atoms with Crippen molar-refractivity contribution in [2.24, 2.45) is 0 Å². The predicted octanol–water partition coefficient (Wildman–Crippen LogP) is 3.30. The van der Waals surface area contributed by atoms with Gasteiger partial charge in [0, 0.05) is 17.7 Å². The first-order chi connectivity index (χ1) is 8.72. The van der Waals surface area contributed by atoms with Crippen LogP contribution < -0.4 is 4.74 Å². The molecule has 0 amide bonds. The van der Waals surface area contributed by atoms with Gasteiger partial charge in [-0.05, 0) is 25.5 Å². The molecule has 0 aliphatic heterocycles. The van der Waals surface area contributed by atoms with Crippen LogP contribution in [0.1, 0.15) is 22.8 Å². The Balaban J connectivity index is 2.86. The number of halogens is 1. The van der Waals surface area contributed by atoms with E-state index < -0.39 is 0 Å². The summed E-state index contributed by atoms with van der Waals surface area (Å²) in [5, 5.41) is 0.438. The summed E-state index contributed by atoms with van der Waals surface area (Å²) in [6.07, 6.45) is 3.11. The maximum atomic E-state index is 10.8. The van der Waals surface area contributed by atoms with Crippen molar-refractivity contribution >= 4 is 17.9 Å². The maximum Gasteiger partial charge on any atom is 0.150 e. The standard InChI is InChI=1S/C14H17ClO3/c1-3-5-12-8-11(10-16)9-13(15)14(12)18-7-6-17-4-2/h3,8-10H,1,4-7H2,2H3. The van der Waals surface area contributed by atoms with Gasteiger partial charge in [-0.2, -0.15) is 0 Å². The minimum absolute atomic E-state index is 0.429. The summed E-state index contributed by atoms with van der Waals surface area (Å²) in [5.41, 5.74) is 1.39. The molecule has 0 radical (unpaired) electrons. The van der Waals surface area contributed by atoms with E-state index in [1.807, 2.05) is 6.92 Å². The highest BCUT2D eigenvalue weighted by molar-refractivity contribution is 6.32. The molecule has 0 heterocycles. The van der Waals surface area contributed by atoms with E-state index in [2.05, 4.69) is 6.58 Å². The second-order valence-electron chi connectivity index (χ2n) is 3.65. The molecule has 0 N–H and O–H groups in total. The lowest BCUT2D eigenvalue weighted by atomic mass is 10.1. The molecule has 1 aromatic carbocycles. The third-order valence-corrected chi connectivity index (χ3v) is 2.60. The van der Waals surface area contributed by atoms with E-state index in [1.165, 1.54) is 0 Å². The fourth-order valence-electron chi connectivity index (χ4n) is 1.56. The van der Waals surface area contributed by atoms with Crippen molar-refractivity contribution in [2.45, 2.75) is 13.3 Å². The topological polar surface area (TPSA) is 35.5 Å². The van der Waals surface area contributed by atoms with Crippen molar-refractivity contribution in [3.05, 3.63) is 40.9 Å². The largest absolute Gasteiger partial charge is 0.489 e. The SMILES string of the molecule is C=CCc1cc(C=O)cc(Cl)c1OCCOCC. The van der Waals surface area contributed by atoms with Gasteiger partial charge < -0.3 is 9.47 Å². The van der Waals surface area contributed by atoms with Crippen LogP contribution in [0.3, 0.4) is 0 Å². The molecule has 0 atom stereocenters. The number of carbonyl (C=O) groups excluding carboxylic acids is 1. The molecule has 0 fully saturated rings. The average molecular weight is 269 g/mol. The van der Waals surface area contributed by atoms with Gasteiger partial charge in [0.2, 0.25) is 0 Å². The van der Waals surface area contributed by atoms with Gasteiger partial charge in [0.25, 0.3) is 0 Å². The van der Waals surface area contributed by atoms with Gasteiger partial charge in [-0.1, -0.05) is 17.7 Å². The van der Waals surface area contributed by atoms with Crippen LogP contribution in [-0.4, -0.2) is 26.1 Å². The summed E-state index contributed by atoms with van der Waals surface area (Å²) in [5.74, 6) is 0.599. The Bertz CT molecular complexity index is 416. The summed E-state index contributed by atoms with van der Waals surface area (Å²) in [4.78, 5) is 10.8. The fraction of sp³-hybridized carbons (Fsp3) is 0.357. The van der Waals surface area contributed by atoms with Gasteiger partial charge in [0.1, 0.15) is 18.6 Å². The van der Waals surface area contributed by atoms with Crippen molar-refractivity contribution in [1.29, 1.82) is 0 Å². The number of allylic oxidation sites excluding steroid dienone is 1. The first kappa shape index (κ1) is 14.7. The van der Waals surface area contributed by atoms with Crippen LogP contribution in [0.5, 0.6) is 5.75 Å². The lowest BCUT2D eigenvalue weighted by molar-refractivity contribution is 0.109. The third-order valence-electron chi connectivity index (χ3n) is 2.32. The fourth-order valence-corrected chi connectivity index (χ4v) is 1.86. The van der Waals surface area contributed by atoms with Crippen LogP contribution in [0.2, 0.25) is 5.02 Å².